The normalized spacial score (nSPS) is 11.1. The maximum atomic E-state index is 9.95. The molecule has 0 bridgehead atoms. The highest BCUT2D eigenvalue weighted by Gasteiger charge is 2.19. The molecule has 0 fully saturated rings. The van der Waals surface area contributed by atoms with Gasteiger partial charge in [0.15, 0.2) is 5.82 Å². The minimum absolute atomic E-state index is 0.0942. The van der Waals surface area contributed by atoms with E-state index in [0.717, 1.165) is 5.69 Å². The van der Waals surface area contributed by atoms with Crippen LogP contribution in [0.4, 0.5) is 11.5 Å². The summed E-state index contributed by atoms with van der Waals surface area (Å²) in [6, 6.07) is 18.4. The lowest BCUT2D eigenvalue weighted by Gasteiger charge is -2.04. The van der Waals surface area contributed by atoms with Crippen molar-refractivity contribution in [1.29, 1.82) is 5.26 Å². The molecular weight excluding hydrogens is 314 g/mol. The number of nitriles is 1. The first-order valence-electron chi connectivity index (χ1n) is 7.67. The predicted molar refractivity (Wildman–Crippen MR) is 99.1 cm³/mol. The van der Waals surface area contributed by atoms with Gasteiger partial charge in [0.1, 0.15) is 23.2 Å². The molecule has 1 aromatic heterocycles. The van der Waals surface area contributed by atoms with Crippen LogP contribution >= 0.6 is 0 Å². The average molecular weight is 331 g/mol. The molecule has 25 heavy (non-hydrogen) atoms. The van der Waals surface area contributed by atoms with Crippen LogP contribution in [0, 0.1) is 11.3 Å². The van der Waals surface area contributed by atoms with E-state index in [2.05, 4.69) is 16.5 Å². The van der Waals surface area contributed by atoms with Gasteiger partial charge in [-0.3, -0.25) is 0 Å². The number of aromatic nitrogens is 2. The number of nitrogen functional groups attached to an aromatic ring is 1. The van der Waals surface area contributed by atoms with E-state index in [1.165, 1.54) is 0 Å². The zero-order chi connectivity index (χ0) is 17.8. The van der Waals surface area contributed by atoms with E-state index in [1.54, 1.807) is 42.1 Å². The summed E-state index contributed by atoms with van der Waals surface area (Å²) in [5.41, 5.74) is 8.83. The van der Waals surface area contributed by atoms with E-state index in [9.17, 15) is 10.4 Å². The van der Waals surface area contributed by atoms with Crippen LogP contribution in [0.5, 0.6) is 5.75 Å². The van der Waals surface area contributed by atoms with Crippen molar-refractivity contribution in [3.63, 3.8) is 0 Å². The van der Waals surface area contributed by atoms with Crippen molar-refractivity contribution >= 4 is 23.2 Å². The van der Waals surface area contributed by atoms with Crippen LogP contribution in [0.2, 0.25) is 0 Å². The Bertz CT molecular complexity index is 967. The second-order valence-electron chi connectivity index (χ2n) is 5.33. The molecule has 0 aliphatic rings. The lowest BCUT2D eigenvalue weighted by molar-refractivity contribution is 0.474. The third kappa shape index (κ3) is 3.03. The molecule has 6 heteroatoms. The Hall–Kier alpha value is -3.72. The molecule has 0 saturated carbocycles. The predicted octanol–water partition coefficient (Wildman–Crippen LogP) is 3.27. The molecule has 0 unspecified atom stereocenters. The lowest BCUT2D eigenvalue weighted by Crippen LogP contribution is -2.02. The van der Waals surface area contributed by atoms with Crippen molar-refractivity contribution in [2.45, 2.75) is 0 Å². The van der Waals surface area contributed by atoms with Crippen LogP contribution in [0.1, 0.15) is 11.3 Å². The monoisotopic (exact) mass is 331 g/mol. The second-order valence-corrected chi connectivity index (χ2v) is 5.33. The molecule has 0 atom stereocenters. The number of para-hydroxylation sites is 2. The highest BCUT2D eigenvalue weighted by Crippen LogP contribution is 2.32. The summed E-state index contributed by atoms with van der Waals surface area (Å²) in [6.45, 7) is 0. The topological polar surface area (TPSA) is 99.9 Å². The Labute approximate surface area is 145 Å². The van der Waals surface area contributed by atoms with Gasteiger partial charge in [-0.2, -0.15) is 10.4 Å². The molecule has 3 rings (SSSR count). The first-order valence-corrected chi connectivity index (χ1v) is 7.67. The Balaban J connectivity index is 2.16. The molecule has 2 aromatic carbocycles. The molecule has 0 amide bonds. The molecule has 4 N–H and O–H groups in total. The summed E-state index contributed by atoms with van der Waals surface area (Å²) in [6.07, 6.45) is 1.59. The Morgan fingerprint density at radius 2 is 1.88 bits per heavy atom. The maximum Gasteiger partial charge on any atom is 0.151 e. The standard InChI is InChI=1S/C19H17N5O/c1-22-18-17(14(12-20)11-13-7-5-6-10-16(13)25)23-24(19(18)21)15-8-3-2-4-9-15/h2-11,22,25H,21H2,1H3/b14-11+. The van der Waals surface area contributed by atoms with Crippen LogP contribution in [0.25, 0.3) is 17.3 Å². The molecule has 0 radical (unpaired) electrons. The largest absolute Gasteiger partial charge is 0.507 e. The van der Waals surface area contributed by atoms with Crippen LogP contribution in [-0.4, -0.2) is 21.9 Å². The van der Waals surface area contributed by atoms with Crippen LogP contribution < -0.4 is 11.1 Å². The van der Waals surface area contributed by atoms with Crippen LogP contribution in [0.15, 0.2) is 54.6 Å². The van der Waals surface area contributed by atoms with E-state index in [4.69, 9.17) is 5.73 Å². The molecule has 0 aliphatic heterocycles. The van der Waals surface area contributed by atoms with Crippen molar-refractivity contribution < 1.29 is 5.11 Å². The average Bonchev–Trinajstić information content (AvgIpc) is 2.98. The number of nitrogens with zero attached hydrogens (tertiary/aromatic N) is 3. The second kappa shape index (κ2) is 6.81. The first kappa shape index (κ1) is 16.1. The number of nitrogens with one attached hydrogen (secondary N) is 1. The fourth-order valence-electron chi connectivity index (χ4n) is 2.55. The van der Waals surface area contributed by atoms with E-state index in [0.29, 0.717) is 28.3 Å². The molecular formula is C19H17N5O. The third-order valence-electron chi connectivity index (χ3n) is 3.78. The van der Waals surface area contributed by atoms with E-state index in [-0.39, 0.29) is 5.75 Å². The van der Waals surface area contributed by atoms with Gasteiger partial charge in [-0.05, 0) is 24.3 Å². The number of hydrogen-bond acceptors (Lipinski definition) is 5. The zero-order valence-electron chi connectivity index (χ0n) is 13.6. The summed E-state index contributed by atoms with van der Waals surface area (Å²) < 4.78 is 1.58. The summed E-state index contributed by atoms with van der Waals surface area (Å²) in [5.74, 6) is 0.499. The Morgan fingerprint density at radius 3 is 2.52 bits per heavy atom. The molecule has 0 spiro atoms. The van der Waals surface area contributed by atoms with Gasteiger partial charge < -0.3 is 16.2 Å². The van der Waals surface area contributed by atoms with Crippen molar-refractivity contribution in [3.05, 3.63) is 65.9 Å². The minimum atomic E-state index is 0.0942. The summed E-state index contributed by atoms with van der Waals surface area (Å²) in [4.78, 5) is 0. The van der Waals surface area contributed by atoms with E-state index < -0.39 is 0 Å². The fraction of sp³-hybridized carbons (Fsp3) is 0.0526. The van der Waals surface area contributed by atoms with Crippen molar-refractivity contribution in [1.82, 2.24) is 9.78 Å². The smallest absolute Gasteiger partial charge is 0.151 e. The number of nitrogens with two attached hydrogens (primary N) is 1. The number of aromatic hydroxyl groups is 1. The minimum Gasteiger partial charge on any atom is -0.507 e. The number of hydrogen-bond donors (Lipinski definition) is 3. The summed E-state index contributed by atoms with van der Waals surface area (Å²) in [7, 11) is 1.72. The maximum absolute atomic E-state index is 9.95. The van der Waals surface area contributed by atoms with Crippen molar-refractivity contribution in [2.24, 2.45) is 0 Å². The highest BCUT2D eigenvalue weighted by molar-refractivity contribution is 5.95. The third-order valence-corrected chi connectivity index (χ3v) is 3.78. The Kier molecular flexibility index (Phi) is 4.40. The van der Waals surface area contributed by atoms with Gasteiger partial charge >= 0.3 is 0 Å². The van der Waals surface area contributed by atoms with Gasteiger partial charge in [-0.25, -0.2) is 4.68 Å². The molecule has 0 saturated heterocycles. The first-order chi connectivity index (χ1) is 12.2. The van der Waals surface area contributed by atoms with Gasteiger partial charge in [0.2, 0.25) is 0 Å². The number of phenolic OH excluding ortho intramolecular Hbond substituents is 1. The zero-order valence-corrected chi connectivity index (χ0v) is 13.6. The SMILES string of the molecule is CNc1c(/C(C#N)=C/c2ccccc2O)nn(-c2ccccc2)c1N. The number of rotatable bonds is 4. The summed E-state index contributed by atoms with van der Waals surface area (Å²) >= 11 is 0. The van der Waals surface area contributed by atoms with Gasteiger partial charge in [0.05, 0.1) is 11.3 Å². The van der Waals surface area contributed by atoms with Gasteiger partial charge in [0, 0.05) is 12.6 Å². The molecule has 0 aliphatic carbocycles. The number of anilines is 2. The number of allylic oxidation sites excluding steroid dienone is 1. The fourth-order valence-corrected chi connectivity index (χ4v) is 2.55. The molecule has 124 valence electrons. The van der Waals surface area contributed by atoms with Gasteiger partial charge in [0.25, 0.3) is 0 Å². The van der Waals surface area contributed by atoms with E-state index in [1.807, 2.05) is 30.3 Å². The quantitative estimate of drug-likeness (QED) is 0.637. The summed E-state index contributed by atoms with van der Waals surface area (Å²) in [5, 5.41) is 27.1. The highest BCUT2D eigenvalue weighted by atomic mass is 16.3. The van der Waals surface area contributed by atoms with Gasteiger partial charge in [-0.15, -0.1) is 0 Å². The molecule has 1 heterocycles. The molecule has 6 nitrogen and oxygen atoms in total. The lowest BCUT2D eigenvalue weighted by atomic mass is 10.1. The van der Waals surface area contributed by atoms with E-state index >= 15 is 0 Å². The van der Waals surface area contributed by atoms with Crippen molar-refractivity contribution in [3.8, 4) is 17.5 Å². The Morgan fingerprint density at radius 1 is 1.20 bits per heavy atom. The number of benzene rings is 2. The molecule has 3 aromatic rings. The van der Waals surface area contributed by atoms with Crippen molar-refractivity contribution in [2.75, 3.05) is 18.1 Å². The van der Waals surface area contributed by atoms with Gasteiger partial charge in [-0.1, -0.05) is 36.4 Å². The van der Waals surface area contributed by atoms with Crippen LogP contribution in [-0.2, 0) is 0 Å². The van der Waals surface area contributed by atoms with Crippen LogP contribution in [0.3, 0.4) is 0 Å². The number of phenols is 1.